The van der Waals surface area contributed by atoms with Crippen LogP contribution in [0.3, 0.4) is 0 Å². The van der Waals surface area contributed by atoms with Gasteiger partial charge in [0.15, 0.2) is 6.61 Å². The Morgan fingerprint density at radius 3 is 2.87 bits per heavy atom. The van der Waals surface area contributed by atoms with E-state index in [1.807, 2.05) is 19.9 Å². The summed E-state index contributed by atoms with van der Waals surface area (Å²) < 4.78 is 5.32. The summed E-state index contributed by atoms with van der Waals surface area (Å²) in [4.78, 5) is 13.4. The summed E-state index contributed by atoms with van der Waals surface area (Å²) in [6.07, 6.45) is 0. The van der Waals surface area contributed by atoms with Crippen molar-refractivity contribution >= 4 is 23.2 Å². The van der Waals surface area contributed by atoms with Crippen LogP contribution in [-0.4, -0.2) is 18.6 Å². The number of nitrogens with zero attached hydrogens (tertiary/aromatic N) is 1. The van der Waals surface area contributed by atoms with Gasteiger partial charge in [-0.05, 0) is 26.0 Å². The minimum absolute atomic E-state index is 0.0141. The summed E-state index contributed by atoms with van der Waals surface area (Å²) in [6, 6.07) is 5.44. The molecule has 1 heterocycles. The lowest BCUT2D eigenvalue weighted by atomic mass is 10.2. The molecule has 2 rings (SSSR count). The zero-order chi connectivity index (χ0) is 11.0. The predicted molar refractivity (Wildman–Crippen MR) is 59.6 cm³/mol. The number of fused-ring (bicyclic) bond motifs is 1. The van der Waals surface area contributed by atoms with Crippen molar-refractivity contribution in [2.45, 2.75) is 19.9 Å². The molecule has 0 unspecified atom stereocenters. The molecule has 1 aliphatic rings. The lowest BCUT2D eigenvalue weighted by Gasteiger charge is -2.32. The van der Waals surface area contributed by atoms with Crippen LogP contribution in [0.1, 0.15) is 13.8 Å². The molecule has 0 radical (unpaired) electrons. The molecular formula is C11H12ClNO2. The van der Waals surface area contributed by atoms with Gasteiger partial charge in [-0.2, -0.15) is 0 Å². The molecule has 0 bridgehead atoms. The molecule has 0 atom stereocenters. The van der Waals surface area contributed by atoms with Crippen LogP contribution in [0.4, 0.5) is 5.69 Å². The smallest absolute Gasteiger partial charge is 0.265 e. The standard InChI is InChI=1S/C11H12ClNO2/c1-7(2)13-9-4-3-8(12)5-10(9)15-6-11(13)14/h3-5,7H,6H2,1-2H3. The minimum Gasteiger partial charge on any atom is -0.482 e. The number of carbonyl (C=O) groups excluding carboxylic acids is 1. The lowest BCUT2D eigenvalue weighted by molar-refractivity contribution is -0.121. The third kappa shape index (κ3) is 1.79. The zero-order valence-corrected chi connectivity index (χ0v) is 9.41. The molecule has 0 saturated carbocycles. The van der Waals surface area contributed by atoms with Crippen LogP contribution >= 0.6 is 11.6 Å². The highest BCUT2D eigenvalue weighted by molar-refractivity contribution is 6.30. The highest BCUT2D eigenvalue weighted by Crippen LogP contribution is 2.35. The second kappa shape index (κ2) is 3.74. The number of carbonyl (C=O) groups is 1. The van der Waals surface area contributed by atoms with Crippen molar-refractivity contribution in [1.29, 1.82) is 0 Å². The molecule has 1 aliphatic heterocycles. The molecule has 15 heavy (non-hydrogen) atoms. The first-order valence-electron chi connectivity index (χ1n) is 4.84. The van der Waals surface area contributed by atoms with Gasteiger partial charge in [0.2, 0.25) is 0 Å². The fourth-order valence-corrected chi connectivity index (χ4v) is 1.87. The summed E-state index contributed by atoms with van der Waals surface area (Å²) in [6.45, 7) is 4.04. The molecule has 0 aliphatic carbocycles. The Morgan fingerprint density at radius 2 is 2.20 bits per heavy atom. The second-order valence-electron chi connectivity index (χ2n) is 3.76. The van der Waals surface area contributed by atoms with Crippen LogP contribution < -0.4 is 9.64 Å². The summed E-state index contributed by atoms with van der Waals surface area (Å²) in [7, 11) is 0. The molecule has 0 spiro atoms. The fourth-order valence-electron chi connectivity index (χ4n) is 1.71. The van der Waals surface area contributed by atoms with Gasteiger partial charge in [-0.1, -0.05) is 11.6 Å². The third-order valence-corrected chi connectivity index (χ3v) is 2.55. The summed E-state index contributed by atoms with van der Waals surface area (Å²) in [5.74, 6) is 0.663. The predicted octanol–water partition coefficient (Wildman–Crippen LogP) is 2.47. The van der Waals surface area contributed by atoms with Gasteiger partial charge in [0, 0.05) is 17.1 Å². The van der Waals surface area contributed by atoms with Gasteiger partial charge in [-0.15, -0.1) is 0 Å². The van der Waals surface area contributed by atoms with E-state index in [9.17, 15) is 4.79 Å². The van der Waals surface area contributed by atoms with Crippen LogP contribution in [0.5, 0.6) is 5.75 Å². The Bertz CT molecular complexity index is 404. The van der Waals surface area contributed by atoms with Crippen LogP contribution in [0.25, 0.3) is 0 Å². The fraction of sp³-hybridized carbons (Fsp3) is 0.364. The Labute approximate surface area is 93.6 Å². The Balaban J connectivity index is 2.48. The number of hydrogen-bond donors (Lipinski definition) is 0. The average Bonchev–Trinajstić information content (AvgIpc) is 2.17. The number of ether oxygens (including phenoxy) is 1. The van der Waals surface area contributed by atoms with E-state index in [0.717, 1.165) is 5.69 Å². The molecule has 4 heteroatoms. The third-order valence-electron chi connectivity index (χ3n) is 2.32. The highest BCUT2D eigenvalue weighted by atomic mass is 35.5. The molecule has 1 amide bonds. The first kappa shape index (κ1) is 10.3. The number of hydrogen-bond acceptors (Lipinski definition) is 2. The van der Waals surface area contributed by atoms with E-state index in [0.29, 0.717) is 10.8 Å². The van der Waals surface area contributed by atoms with Gasteiger partial charge in [-0.25, -0.2) is 0 Å². The van der Waals surface area contributed by atoms with Gasteiger partial charge in [0.05, 0.1) is 5.69 Å². The van der Waals surface area contributed by atoms with E-state index in [4.69, 9.17) is 16.3 Å². The monoisotopic (exact) mass is 225 g/mol. The summed E-state index contributed by atoms with van der Waals surface area (Å²) >= 11 is 5.86. The average molecular weight is 226 g/mol. The van der Waals surface area contributed by atoms with Gasteiger partial charge < -0.3 is 9.64 Å². The maximum absolute atomic E-state index is 11.7. The normalized spacial score (nSPS) is 15.2. The van der Waals surface area contributed by atoms with Crippen molar-refractivity contribution in [3.63, 3.8) is 0 Å². The van der Waals surface area contributed by atoms with E-state index >= 15 is 0 Å². The largest absolute Gasteiger partial charge is 0.482 e. The molecular weight excluding hydrogens is 214 g/mol. The summed E-state index contributed by atoms with van der Waals surface area (Å²) in [5.41, 5.74) is 0.797. The van der Waals surface area contributed by atoms with Crippen molar-refractivity contribution in [2.75, 3.05) is 11.5 Å². The van der Waals surface area contributed by atoms with Crippen LogP contribution in [-0.2, 0) is 4.79 Å². The number of rotatable bonds is 1. The topological polar surface area (TPSA) is 29.5 Å². The number of benzene rings is 1. The van der Waals surface area contributed by atoms with E-state index in [1.165, 1.54) is 0 Å². The lowest BCUT2D eigenvalue weighted by Crippen LogP contribution is -2.43. The van der Waals surface area contributed by atoms with Crippen molar-refractivity contribution in [3.05, 3.63) is 23.2 Å². The van der Waals surface area contributed by atoms with Gasteiger partial charge >= 0.3 is 0 Å². The molecule has 1 aromatic carbocycles. The van der Waals surface area contributed by atoms with E-state index in [1.54, 1.807) is 17.0 Å². The van der Waals surface area contributed by atoms with E-state index in [2.05, 4.69) is 0 Å². The molecule has 0 aromatic heterocycles. The van der Waals surface area contributed by atoms with Crippen LogP contribution in [0.2, 0.25) is 5.02 Å². The second-order valence-corrected chi connectivity index (χ2v) is 4.19. The van der Waals surface area contributed by atoms with Gasteiger partial charge in [0.25, 0.3) is 5.91 Å². The Morgan fingerprint density at radius 1 is 1.47 bits per heavy atom. The molecule has 0 saturated heterocycles. The zero-order valence-electron chi connectivity index (χ0n) is 8.66. The Hall–Kier alpha value is -1.22. The minimum atomic E-state index is -0.0141. The summed E-state index contributed by atoms with van der Waals surface area (Å²) in [5, 5.41) is 0.617. The van der Waals surface area contributed by atoms with Crippen molar-refractivity contribution in [1.82, 2.24) is 0 Å². The number of halogens is 1. The molecule has 80 valence electrons. The van der Waals surface area contributed by atoms with Crippen molar-refractivity contribution in [3.8, 4) is 5.75 Å². The van der Waals surface area contributed by atoms with Gasteiger partial charge in [-0.3, -0.25) is 4.79 Å². The maximum Gasteiger partial charge on any atom is 0.265 e. The molecule has 0 fully saturated rings. The molecule has 0 N–H and O–H groups in total. The molecule has 3 nitrogen and oxygen atoms in total. The van der Waals surface area contributed by atoms with E-state index < -0.39 is 0 Å². The van der Waals surface area contributed by atoms with Crippen LogP contribution in [0.15, 0.2) is 18.2 Å². The van der Waals surface area contributed by atoms with Gasteiger partial charge in [0.1, 0.15) is 5.75 Å². The number of amides is 1. The first-order chi connectivity index (χ1) is 7.09. The van der Waals surface area contributed by atoms with Crippen molar-refractivity contribution < 1.29 is 9.53 Å². The van der Waals surface area contributed by atoms with E-state index in [-0.39, 0.29) is 18.6 Å². The van der Waals surface area contributed by atoms with Crippen LogP contribution in [0, 0.1) is 0 Å². The maximum atomic E-state index is 11.7. The highest BCUT2D eigenvalue weighted by Gasteiger charge is 2.27. The number of anilines is 1. The first-order valence-corrected chi connectivity index (χ1v) is 5.22. The molecule has 1 aromatic rings. The Kier molecular flexibility index (Phi) is 2.57. The quantitative estimate of drug-likeness (QED) is 0.735. The van der Waals surface area contributed by atoms with Crippen molar-refractivity contribution in [2.24, 2.45) is 0 Å². The SMILES string of the molecule is CC(C)N1C(=O)COc2cc(Cl)ccc21.